The summed E-state index contributed by atoms with van der Waals surface area (Å²) in [7, 11) is 1.71. The van der Waals surface area contributed by atoms with E-state index in [0.717, 1.165) is 21.7 Å². The number of hydrogen-bond donors (Lipinski definition) is 4. The summed E-state index contributed by atoms with van der Waals surface area (Å²) in [5.41, 5.74) is 4.43. The molecule has 196 valence electrons. The largest absolute Gasteiger partial charge is 0.504 e. The fourth-order valence-electron chi connectivity index (χ4n) is 4.14. The highest BCUT2D eigenvalue weighted by Crippen LogP contribution is 2.48. The molecule has 4 aromatic rings. The lowest BCUT2D eigenvalue weighted by Crippen LogP contribution is -2.20. The normalized spacial score (nSPS) is 10.8. The first-order valence-corrected chi connectivity index (χ1v) is 13.1. The van der Waals surface area contributed by atoms with Crippen LogP contribution in [0.5, 0.6) is 11.6 Å². The molecular weight excluding hydrogens is 508 g/mol. The van der Waals surface area contributed by atoms with Crippen molar-refractivity contribution in [2.24, 2.45) is 0 Å². The van der Waals surface area contributed by atoms with E-state index in [-0.39, 0.29) is 33.6 Å². The summed E-state index contributed by atoms with van der Waals surface area (Å²) in [5.74, 6) is -0.589. The Morgan fingerprint density at radius 1 is 1.15 bits per heavy atom. The van der Waals surface area contributed by atoms with Gasteiger partial charge in [0, 0.05) is 41.6 Å². The number of nitriles is 1. The summed E-state index contributed by atoms with van der Waals surface area (Å²) in [5, 5.41) is 43.3. The molecule has 0 saturated heterocycles. The molecule has 0 amide bonds. The van der Waals surface area contributed by atoms with E-state index >= 15 is 0 Å². The first kappa shape index (κ1) is 27.2. The number of aromatic nitrogens is 2. The van der Waals surface area contributed by atoms with Crippen LogP contribution >= 0.6 is 11.8 Å². The van der Waals surface area contributed by atoms with Crippen LogP contribution in [0.4, 0.5) is 11.4 Å². The molecule has 0 aliphatic heterocycles. The lowest BCUT2D eigenvalue weighted by Gasteiger charge is -2.27. The van der Waals surface area contributed by atoms with Gasteiger partial charge in [-0.15, -0.1) is 0 Å². The molecule has 4 N–H and O–H groups in total. The number of pyridine rings is 2. The predicted molar refractivity (Wildman–Crippen MR) is 155 cm³/mol. The monoisotopic (exact) mass is 536 g/mol. The van der Waals surface area contributed by atoms with Gasteiger partial charge in [-0.3, -0.25) is 10.4 Å². The van der Waals surface area contributed by atoms with E-state index < -0.39 is 0 Å². The van der Waals surface area contributed by atoms with Crippen molar-refractivity contribution in [3.8, 4) is 28.8 Å². The standard InChI is InChI=1S/C30H28N6O2S/c1-4-36(22-8-5-7-20(17-22)18-31)27-26(25(32)14-16-33-3)35-30(38)29(28(27)37)39-23-12-10-21(11-13-23)24-9-6-15-34-19(24)2/h5-17,32-33H,4H2,1-3H3,(H2,35,37,38)/b16-14-,32-25?. The van der Waals surface area contributed by atoms with Crippen molar-refractivity contribution in [2.75, 3.05) is 18.5 Å². The first-order chi connectivity index (χ1) is 18.9. The number of benzene rings is 2. The molecule has 0 bridgehead atoms. The number of aryl methyl sites for hydroxylation is 1. The van der Waals surface area contributed by atoms with Crippen LogP contribution in [-0.4, -0.2) is 39.5 Å². The van der Waals surface area contributed by atoms with Gasteiger partial charge >= 0.3 is 0 Å². The molecule has 2 aromatic heterocycles. The van der Waals surface area contributed by atoms with E-state index in [1.807, 2.05) is 56.3 Å². The van der Waals surface area contributed by atoms with Gasteiger partial charge in [0.15, 0.2) is 5.75 Å². The maximum absolute atomic E-state index is 11.6. The summed E-state index contributed by atoms with van der Waals surface area (Å²) < 4.78 is 0. The Hall–Kier alpha value is -4.81. The number of aromatic hydroxyl groups is 2. The van der Waals surface area contributed by atoms with Crippen LogP contribution < -0.4 is 10.2 Å². The van der Waals surface area contributed by atoms with Crippen molar-refractivity contribution >= 4 is 28.8 Å². The number of nitrogens with one attached hydrogen (secondary N) is 2. The maximum Gasteiger partial charge on any atom is 0.229 e. The zero-order valence-corrected chi connectivity index (χ0v) is 22.6. The number of rotatable bonds is 9. The van der Waals surface area contributed by atoms with E-state index in [4.69, 9.17) is 5.41 Å². The van der Waals surface area contributed by atoms with E-state index in [0.29, 0.717) is 17.8 Å². The van der Waals surface area contributed by atoms with Crippen molar-refractivity contribution < 1.29 is 10.2 Å². The van der Waals surface area contributed by atoms with Gasteiger partial charge in [0.05, 0.1) is 17.3 Å². The molecule has 2 aromatic carbocycles. The minimum absolute atomic E-state index is 0.00687. The van der Waals surface area contributed by atoms with Crippen LogP contribution in [0, 0.1) is 23.7 Å². The lowest BCUT2D eigenvalue weighted by atomic mass is 10.1. The smallest absolute Gasteiger partial charge is 0.229 e. The molecule has 4 rings (SSSR count). The van der Waals surface area contributed by atoms with Crippen molar-refractivity contribution in [1.82, 2.24) is 15.3 Å². The Labute approximate surface area is 231 Å². The summed E-state index contributed by atoms with van der Waals surface area (Å²) in [4.78, 5) is 11.4. The van der Waals surface area contributed by atoms with Crippen molar-refractivity contribution in [1.29, 1.82) is 10.7 Å². The van der Waals surface area contributed by atoms with Gasteiger partial charge in [-0.25, -0.2) is 4.98 Å². The number of allylic oxidation sites excluding steroid dienone is 1. The second-order valence-corrected chi connectivity index (χ2v) is 9.60. The average molecular weight is 537 g/mol. The van der Waals surface area contributed by atoms with Crippen LogP contribution in [0.25, 0.3) is 11.1 Å². The van der Waals surface area contributed by atoms with Crippen LogP contribution in [-0.2, 0) is 0 Å². The molecule has 0 aliphatic rings. The zero-order valence-electron chi connectivity index (χ0n) is 21.8. The first-order valence-electron chi connectivity index (χ1n) is 12.2. The van der Waals surface area contributed by atoms with E-state index in [2.05, 4.69) is 21.4 Å². The molecule has 0 aliphatic carbocycles. The fourth-order valence-corrected chi connectivity index (χ4v) is 4.98. The summed E-state index contributed by atoms with van der Waals surface area (Å²) in [6.07, 6.45) is 4.83. The molecular formula is C30H28N6O2S. The van der Waals surface area contributed by atoms with Gasteiger partial charge in [0.1, 0.15) is 16.3 Å². The predicted octanol–water partition coefficient (Wildman–Crippen LogP) is 6.15. The molecule has 8 nitrogen and oxygen atoms in total. The molecule has 0 saturated carbocycles. The Kier molecular flexibility index (Phi) is 8.49. The van der Waals surface area contributed by atoms with Gasteiger partial charge < -0.3 is 20.4 Å². The summed E-state index contributed by atoms with van der Waals surface area (Å²) >= 11 is 1.17. The minimum atomic E-state index is -0.382. The molecule has 2 heterocycles. The second-order valence-electron chi connectivity index (χ2n) is 8.52. The summed E-state index contributed by atoms with van der Waals surface area (Å²) in [6, 6.07) is 20.8. The number of anilines is 2. The highest BCUT2D eigenvalue weighted by molar-refractivity contribution is 7.99. The molecule has 9 heteroatoms. The summed E-state index contributed by atoms with van der Waals surface area (Å²) in [6.45, 7) is 4.26. The molecule has 0 fully saturated rings. The maximum atomic E-state index is 11.6. The molecule has 0 radical (unpaired) electrons. The topological polar surface area (TPSA) is 129 Å². The average Bonchev–Trinajstić information content (AvgIpc) is 2.96. The number of hydrogen-bond acceptors (Lipinski definition) is 9. The van der Waals surface area contributed by atoms with Crippen LogP contribution in [0.15, 0.2) is 88.9 Å². The lowest BCUT2D eigenvalue weighted by molar-refractivity contribution is 0.412. The van der Waals surface area contributed by atoms with Crippen LogP contribution in [0.2, 0.25) is 0 Å². The number of nitrogens with zero attached hydrogens (tertiary/aromatic N) is 4. The van der Waals surface area contributed by atoms with Crippen molar-refractivity contribution in [3.05, 3.63) is 96.1 Å². The van der Waals surface area contributed by atoms with Gasteiger partial charge in [0.25, 0.3) is 0 Å². The Morgan fingerprint density at radius 3 is 2.59 bits per heavy atom. The van der Waals surface area contributed by atoms with Crippen LogP contribution in [0.1, 0.15) is 23.9 Å². The fraction of sp³-hybridized carbons (Fsp3) is 0.133. The van der Waals surface area contributed by atoms with E-state index in [1.165, 1.54) is 17.8 Å². The Balaban J connectivity index is 1.81. The SMILES string of the molecule is CCN(c1cccc(C#N)c1)c1c(C(=N)/C=C\NC)nc(O)c(Sc2ccc(-c3cccnc3C)cc2)c1O. The van der Waals surface area contributed by atoms with Crippen molar-refractivity contribution in [3.63, 3.8) is 0 Å². The van der Waals surface area contributed by atoms with Crippen molar-refractivity contribution in [2.45, 2.75) is 23.6 Å². The van der Waals surface area contributed by atoms with Crippen LogP contribution in [0.3, 0.4) is 0 Å². The second kappa shape index (κ2) is 12.2. The minimum Gasteiger partial charge on any atom is -0.504 e. The zero-order chi connectivity index (χ0) is 27.9. The van der Waals surface area contributed by atoms with E-state index in [1.54, 1.807) is 42.5 Å². The van der Waals surface area contributed by atoms with E-state index in [9.17, 15) is 15.5 Å². The highest BCUT2D eigenvalue weighted by Gasteiger charge is 2.26. The third kappa shape index (κ3) is 5.87. The van der Waals surface area contributed by atoms with Gasteiger partial charge in [-0.05, 0) is 68.1 Å². The van der Waals surface area contributed by atoms with Gasteiger partial charge in [-0.1, -0.05) is 36.0 Å². The van der Waals surface area contributed by atoms with Gasteiger partial charge in [-0.2, -0.15) is 5.26 Å². The third-order valence-corrected chi connectivity index (χ3v) is 7.11. The van der Waals surface area contributed by atoms with Gasteiger partial charge in [0.2, 0.25) is 5.88 Å². The molecule has 0 unspecified atom stereocenters. The molecule has 0 spiro atoms. The molecule has 39 heavy (non-hydrogen) atoms. The quantitative estimate of drug-likeness (QED) is 0.188. The Bertz CT molecular complexity index is 1580. The molecule has 0 atom stereocenters. The highest BCUT2D eigenvalue weighted by atomic mass is 32.2. The third-order valence-electron chi connectivity index (χ3n) is 6.02. The Morgan fingerprint density at radius 2 is 1.92 bits per heavy atom.